The van der Waals surface area contributed by atoms with Crippen LogP contribution in [0.5, 0.6) is 0 Å². The molecule has 3 aromatic rings. The Kier molecular flexibility index (Phi) is 5.66. The molecule has 26 heavy (non-hydrogen) atoms. The van der Waals surface area contributed by atoms with E-state index >= 15 is 0 Å². The number of esters is 1. The zero-order valence-electron chi connectivity index (χ0n) is 13.4. The molecule has 0 spiro atoms. The Bertz CT molecular complexity index is 930. The summed E-state index contributed by atoms with van der Waals surface area (Å²) < 4.78 is 5.50. The largest absolute Gasteiger partial charge is 0.445 e. The highest BCUT2D eigenvalue weighted by atomic mass is 35.5. The second kappa shape index (κ2) is 8.13. The molecule has 130 valence electrons. The fourth-order valence-electron chi connectivity index (χ4n) is 2.36. The van der Waals surface area contributed by atoms with E-state index in [4.69, 9.17) is 27.9 Å². The van der Waals surface area contributed by atoms with Crippen LogP contribution >= 0.6 is 23.2 Å². The van der Waals surface area contributed by atoms with Crippen molar-refractivity contribution in [2.24, 2.45) is 0 Å². The molecule has 0 amide bonds. The van der Waals surface area contributed by atoms with Gasteiger partial charge >= 0.3 is 5.97 Å². The number of hydrogen-bond acceptors (Lipinski definition) is 4. The van der Waals surface area contributed by atoms with Crippen molar-refractivity contribution in [3.8, 4) is 0 Å². The molecule has 3 rings (SSSR count). The van der Waals surface area contributed by atoms with Crippen molar-refractivity contribution in [2.45, 2.75) is 6.10 Å². The molecule has 0 radical (unpaired) electrons. The highest BCUT2D eigenvalue weighted by Crippen LogP contribution is 2.25. The Morgan fingerprint density at radius 2 is 1.50 bits per heavy atom. The predicted octanol–water partition coefficient (Wildman–Crippen LogP) is 5.17. The molecular formula is C20H13Cl2NO3. The van der Waals surface area contributed by atoms with E-state index in [-0.39, 0.29) is 21.5 Å². The number of pyridine rings is 1. The van der Waals surface area contributed by atoms with Gasteiger partial charge in [-0.2, -0.15) is 0 Å². The van der Waals surface area contributed by atoms with Crippen LogP contribution in [0.15, 0.2) is 72.9 Å². The molecular weight excluding hydrogens is 373 g/mol. The van der Waals surface area contributed by atoms with Crippen molar-refractivity contribution in [1.29, 1.82) is 0 Å². The van der Waals surface area contributed by atoms with Gasteiger partial charge < -0.3 is 4.74 Å². The normalized spacial score (nSPS) is 11.6. The first kappa shape index (κ1) is 18.1. The Labute approximate surface area is 160 Å². The van der Waals surface area contributed by atoms with Gasteiger partial charge in [0, 0.05) is 17.3 Å². The standard InChI is InChI=1S/C20H13Cl2NO3/c21-16-11-15(12-23-19(16)22)20(25)26-18(14-9-5-2-6-10-14)17(24)13-7-3-1-4-8-13/h1-12,18H/t18-/m0/s1. The minimum atomic E-state index is -1.08. The quantitative estimate of drug-likeness (QED) is 0.345. The lowest BCUT2D eigenvalue weighted by molar-refractivity contribution is 0.0279. The van der Waals surface area contributed by atoms with Gasteiger partial charge in [-0.3, -0.25) is 4.79 Å². The zero-order valence-corrected chi connectivity index (χ0v) is 14.9. The van der Waals surface area contributed by atoms with E-state index in [0.717, 1.165) is 0 Å². The van der Waals surface area contributed by atoms with Gasteiger partial charge in [0.15, 0.2) is 6.10 Å². The molecule has 1 heterocycles. The third kappa shape index (κ3) is 4.10. The number of carbonyl (C=O) groups excluding carboxylic acids is 2. The maximum absolute atomic E-state index is 12.9. The van der Waals surface area contributed by atoms with Crippen LogP contribution in [0.2, 0.25) is 10.2 Å². The van der Waals surface area contributed by atoms with Crippen molar-refractivity contribution < 1.29 is 14.3 Å². The third-order valence-electron chi connectivity index (χ3n) is 3.66. The molecule has 0 bridgehead atoms. The highest BCUT2D eigenvalue weighted by Gasteiger charge is 2.27. The fourth-order valence-corrected chi connectivity index (χ4v) is 2.63. The highest BCUT2D eigenvalue weighted by molar-refractivity contribution is 6.41. The molecule has 0 saturated carbocycles. The summed E-state index contributed by atoms with van der Waals surface area (Å²) in [5.74, 6) is -1.03. The summed E-state index contributed by atoms with van der Waals surface area (Å²) in [5.41, 5.74) is 1.13. The van der Waals surface area contributed by atoms with Crippen LogP contribution in [0.1, 0.15) is 32.4 Å². The number of aromatic nitrogens is 1. The maximum Gasteiger partial charge on any atom is 0.340 e. The number of hydrogen-bond donors (Lipinski definition) is 0. The van der Waals surface area contributed by atoms with Crippen LogP contribution in [-0.2, 0) is 4.74 Å². The summed E-state index contributed by atoms with van der Waals surface area (Å²) in [6.07, 6.45) is 0.173. The third-order valence-corrected chi connectivity index (χ3v) is 4.34. The number of ketones is 1. The van der Waals surface area contributed by atoms with Gasteiger partial charge in [-0.25, -0.2) is 9.78 Å². The van der Waals surface area contributed by atoms with Gasteiger partial charge in [0.05, 0.1) is 10.6 Å². The smallest absolute Gasteiger partial charge is 0.340 e. The van der Waals surface area contributed by atoms with E-state index in [1.165, 1.54) is 12.3 Å². The van der Waals surface area contributed by atoms with Gasteiger partial charge in [0.1, 0.15) is 5.15 Å². The summed E-state index contributed by atoms with van der Waals surface area (Å²) in [4.78, 5) is 29.2. The van der Waals surface area contributed by atoms with Crippen LogP contribution in [-0.4, -0.2) is 16.7 Å². The molecule has 1 aromatic heterocycles. The Balaban J connectivity index is 1.92. The topological polar surface area (TPSA) is 56.3 Å². The molecule has 0 N–H and O–H groups in total. The SMILES string of the molecule is O=C(O[C@H](C(=O)c1ccccc1)c1ccccc1)c1cnc(Cl)c(Cl)c1. The number of halogens is 2. The first-order valence-electron chi connectivity index (χ1n) is 7.72. The number of carbonyl (C=O) groups is 2. The monoisotopic (exact) mass is 385 g/mol. The van der Waals surface area contributed by atoms with E-state index < -0.39 is 12.1 Å². The van der Waals surface area contributed by atoms with E-state index in [1.807, 2.05) is 12.1 Å². The summed E-state index contributed by atoms with van der Waals surface area (Å²) in [6.45, 7) is 0. The lowest BCUT2D eigenvalue weighted by Crippen LogP contribution is -2.20. The molecule has 0 saturated heterocycles. The summed E-state index contributed by atoms with van der Waals surface area (Å²) in [6, 6.07) is 18.8. The Morgan fingerprint density at radius 3 is 2.12 bits per heavy atom. The van der Waals surface area contributed by atoms with Crippen LogP contribution < -0.4 is 0 Å². The lowest BCUT2D eigenvalue weighted by Gasteiger charge is -2.17. The summed E-state index contributed by atoms with van der Waals surface area (Å²) in [5, 5.41) is 0.218. The first-order chi connectivity index (χ1) is 12.6. The van der Waals surface area contributed by atoms with E-state index in [9.17, 15) is 9.59 Å². The summed E-state index contributed by atoms with van der Waals surface area (Å²) in [7, 11) is 0. The second-order valence-electron chi connectivity index (χ2n) is 5.42. The first-order valence-corrected chi connectivity index (χ1v) is 8.48. The molecule has 4 nitrogen and oxygen atoms in total. The molecule has 6 heteroatoms. The Hall–Kier alpha value is -2.69. The van der Waals surface area contributed by atoms with Crippen molar-refractivity contribution in [2.75, 3.05) is 0 Å². The predicted molar refractivity (Wildman–Crippen MR) is 99.6 cm³/mol. The van der Waals surface area contributed by atoms with E-state index in [2.05, 4.69) is 4.98 Å². The number of rotatable bonds is 5. The minimum Gasteiger partial charge on any atom is -0.445 e. The van der Waals surface area contributed by atoms with Crippen molar-refractivity contribution in [3.63, 3.8) is 0 Å². The molecule has 0 fully saturated rings. The average Bonchev–Trinajstić information content (AvgIpc) is 2.69. The van der Waals surface area contributed by atoms with Crippen molar-refractivity contribution >= 4 is 35.0 Å². The minimum absolute atomic E-state index is 0.0863. The van der Waals surface area contributed by atoms with E-state index in [0.29, 0.717) is 11.1 Å². The molecule has 0 aliphatic rings. The van der Waals surface area contributed by atoms with Gasteiger partial charge in [-0.1, -0.05) is 83.9 Å². The number of Topliss-reactive ketones (excluding diaryl/α,β-unsaturated/α-hetero) is 1. The molecule has 0 unspecified atom stereocenters. The summed E-state index contributed by atoms with van der Waals surface area (Å²) >= 11 is 11.7. The average molecular weight is 386 g/mol. The van der Waals surface area contributed by atoms with Crippen molar-refractivity contribution in [3.05, 3.63) is 99.8 Å². The van der Waals surface area contributed by atoms with E-state index in [1.54, 1.807) is 48.5 Å². The maximum atomic E-state index is 12.9. The van der Waals surface area contributed by atoms with Crippen molar-refractivity contribution in [1.82, 2.24) is 4.98 Å². The molecule has 1 atom stereocenters. The second-order valence-corrected chi connectivity index (χ2v) is 6.19. The fraction of sp³-hybridized carbons (Fsp3) is 0.0500. The Morgan fingerprint density at radius 1 is 0.885 bits per heavy atom. The van der Waals surface area contributed by atoms with Crippen LogP contribution in [0.4, 0.5) is 0 Å². The van der Waals surface area contributed by atoms with Crippen LogP contribution in [0, 0.1) is 0 Å². The number of ether oxygens (including phenoxy) is 1. The van der Waals surface area contributed by atoms with Crippen LogP contribution in [0.3, 0.4) is 0 Å². The number of benzene rings is 2. The van der Waals surface area contributed by atoms with Gasteiger partial charge in [0.2, 0.25) is 5.78 Å². The molecule has 2 aromatic carbocycles. The van der Waals surface area contributed by atoms with Gasteiger partial charge in [-0.15, -0.1) is 0 Å². The van der Waals surface area contributed by atoms with Crippen LogP contribution in [0.25, 0.3) is 0 Å². The lowest BCUT2D eigenvalue weighted by atomic mass is 10.00. The van der Waals surface area contributed by atoms with Gasteiger partial charge in [-0.05, 0) is 6.07 Å². The zero-order chi connectivity index (χ0) is 18.5. The molecule has 0 aliphatic heterocycles. The number of nitrogens with zero attached hydrogens (tertiary/aromatic N) is 1. The van der Waals surface area contributed by atoms with Gasteiger partial charge in [0.25, 0.3) is 0 Å². The molecule has 0 aliphatic carbocycles.